The van der Waals surface area contributed by atoms with Crippen LogP contribution in [0.4, 0.5) is 10.1 Å². The van der Waals surface area contributed by atoms with Gasteiger partial charge in [-0.1, -0.05) is 12.1 Å². The van der Waals surface area contributed by atoms with E-state index in [4.69, 9.17) is 0 Å². The van der Waals surface area contributed by atoms with Gasteiger partial charge in [-0.05, 0) is 64.9 Å². The molecule has 1 aromatic carbocycles. The van der Waals surface area contributed by atoms with Gasteiger partial charge in [0.2, 0.25) is 11.8 Å². The molecule has 0 aliphatic heterocycles. The highest BCUT2D eigenvalue weighted by Gasteiger charge is 2.30. The lowest BCUT2D eigenvalue weighted by molar-refractivity contribution is -0.128. The summed E-state index contributed by atoms with van der Waals surface area (Å²) in [5.74, 6) is -0.669. The van der Waals surface area contributed by atoms with Gasteiger partial charge in [0.1, 0.15) is 5.82 Å². The fraction of sp³-hybridized carbons (Fsp3) is 0.579. The molecule has 5 nitrogen and oxygen atoms in total. The molecule has 0 radical (unpaired) electrons. The van der Waals surface area contributed by atoms with Gasteiger partial charge in [0.05, 0.1) is 5.69 Å². The predicted molar refractivity (Wildman–Crippen MR) is 96.7 cm³/mol. The van der Waals surface area contributed by atoms with E-state index in [-0.39, 0.29) is 29.3 Å². The Hall–Kier alpha value is -1.95. The number of carbonyl (C=O) groups is 2. The molecule has 1 saturated carbocycles. The molecule has 1 aliphatic carbocycles. The lowest BCUT2D eigenvalue weighted by Crippen LogP contribution is -2.36. The zero-order chi connectivity index (χ0) is 18.2. The largest absolute Gasteiger partial charge is 0.356 e. The van der Waals surface area contributed by atoms with E-state index in [1.54, 1.807) is 18.2 Å². The molecular weight excluding hydrogens is 321 g/mol. The first kappa shape index (κ1) is 19.4. The third-order valence-corrected chi connectivity index (χ3v) is 4.68. The van der Waals surface area contributed by atoms with Crippen molar-refractivity contribution < 1.29 is 14.0 Å². The van der Waals surface area contributed by atoms with E-state index < -0.39 is 5.82 Å². The molecule has 1 aliphatic rings. The summed E-state index contributed by atoms with van der Waals surface area (Å²) in [5, 5.41) is 5.64. The molecule has 2 amide bonds. The molecule has 138 valence electrons. The Labute approximate surface area is 149 Å². The summed E-state index contributed by atoms with van der Waals surface area (Å²) >= 11 is 0. The van der Waals surface area contributed by atoms with Gasteiger partial charge in [0.25, 0.3) is 0 Å². The van der Waals surface area contributed by atoms with Crippen molar-refractivity contribution in [2.75, 3.05) is 32.5 Å². The number of carbonyl (C=O) groups excluding carboxylic acids is 2. The Morgan fingerprint density at radius 1 is 1.08 bits per heavy atom. The minimum Gasteiger partial charge on any atom is -0.356 e. The molecule has 0 saturated heterocycles. The first-order chi connectivity index (χ1) is 12.0. The van der Waals surface area contributed by atoms with E-state index in [2.05, 4.69) is 15.5 Å². The number of anilines is 1. The standard InChI is InChI=1S/C19H28FN3O2/c1-23(2)13-5-12-21-18(24)14-8-10-15(11-9-14)19(25)22-17-7-4-3-6-16(17)20/h3-4,6-7,14-15H,5,8-13H2,1-2H3,(H,21,24)(H,22,25). The predicted octanol–water partition coefficient (Wildman–Crippen LogP) is 2.64. The van der Waals surface area contributed by atoms with Crippen molar-refractivity contribution in [1.29, 1.82) is 0 Å². The summed E-state index contributed by atoms with van der Waals surface area (Å²) in [6.07, 6.45) is 3.66. The van der Waals surface area contributed by atoms with Gasteiger partial charge in [0, 0.05) is 18.4 Å². The Morgan fingerprint density at radius 2 is 1.68 bits per heavy atom. The minimum absolute atomic E-state index is 0.0168. The quantitative estimate of drug-likeness (QED) is 0.744. The monoisotopic (exact) mass is 349 g/mol. The molecule has 0 spiro atoms. The molecule has 6 heteroatoms. The second-order valence-corrected chi connectivity index (χ2v) is 6.97. The summed E-state index contributed by atoms with van der Waals surface area (Å²) in [7, 11) is 4.02. The summed E-state index contributed by atoms with van der Waals surface area (Å²) in [5.41, 5.74) is 0.216. The van der Waals surface area contributed by atoms with E-state index in [0.29, 0.717) is 32.2 Å². The number of rotatable bonds is 7. The highest BCUT2D eigenvalue weighted by Crippen LogP contribution is 2.30. The summed E-state index contributed by atoms with van der Waals surface area (Å²) in [6, 6.07) is 6.16. The molecule has 0 bridgehead atoms. The first-order valence-corrected chi connectivity index (χ1v) is 8.95. The normalized spacial score (nSPS) is 20.3. The van der Waals surface area contributed by atoms with Crippen LogP contribution in [0.3, 0.4) is 0 Å². The van der Waals surface area contributed by atoms with Crippen LogP contribution in [0.5, 0.6) is 0 Å². The summed E-state index contributed by atoms with van der Waals surface area (Å²) < 4.78 is 13.6. The van der Waals surface area contributed by atoms with E-state index in [0.717, 1.165) is 13.0 Å². The molecule has 0 aromatic heterocycles. The van der Waals surface area contributed by atoms with Crippen molar-refractivity contribution in [3.63, 3.8) is 0 Å². The number of nitrogens with one attached hydrogen (secondary N) is 2. The van der Waals surface area contributed by atoms with Gasteiger partial charge in [-0.3, -0.25) is 9.59 Å². The number of amides is 2. The van der Waals surface area contributed by atoms with Crippen molar-refractivity contribution >= 4 is 17.5 Å². The molecule has 2 rings (SSSR count). The van der Waals surface area contributed by atoms with Crippen LogP contribution >= 0.6 is 0 Å². The second kappa shape index (κ2) is 9.51. The van der Waals surface area contributed by atoms with E-state index in [1.165, 1.54) is 6.07 Å². The van der Waals surface area contributed by atoms with Crippen LogP contribution in [0.1, 0.15) is 32.1 Å². The van der Waals surface area contributed by atoms with Crippen molar-refractivity contribution in [2.24, 2.45) is 11.8 Å². The molecule has 0 heterocycles. The van der Waals surface area contributed by atoms with Gasteiger partial charge in [-0.15, -0.1) is 0 Å². The van der Waals surface area contributed by atoms with Crippen molar-refractivity contribution in [3.05, 3.63) is 30.1 Å². The van der Waals surface area contributed by atoms with E-state index in [9.17, 15) is 14.0 Å². The average Bonchev–Trinajstić information content (AvgIpc) is 2.60. The first-order valence-electron chi connectivity index (χ1n) is 8.95. The molecule has 0 atom stereocenters. The van der Waals surface area contributed by atoms with Crippen molar-refractivity contribution in [3.8, 4) is 0 Å². The fourth-order valence-electron chi connectivity index (χ4n) is 3.17. The van der Waals surface area contributed by atoms with Gasteiger partial charge in [0.15, 0.2) is 0 Å². The third-order valence-electron chi connectivity index (χ3n) is 4.68. The number of hydrogen-bond acceptors (Lipinski definition) is 3. The lowest BCUT2D eigenvalue weighted by atomic mass is 9.81. The maximum absolute atomic E-state index is 13.6. The van der Waals surface area contributed by atoms with Crippen LogP contribution in [0.25, 0.3) is 0 Å². The third kappa shape index (κ3) is 6.12. The number of benzene rings is 1. The molecule has 2 N–H and O–H groups in total. The van der Waals surface area contributed by atoms with E-state index >= 15 is 0 Å². The number of nitrogens with zero attached hydrogens (tertiary/aromatic N) is 1. The summed E-state index contributed by atoms with van der Waals surface area (Å²) in [6.45, 7) is 1.63. The van der Waals surface area contributed by atoms with Crippen molar-refractivity contribution in [1.82, 2.24) is 10.2 Å². The highest BCUT2D eigenvalue weighted by molar-refractivity contribution is 5.92. The Balaban J connectivity index is 1.72. The van der Waals surface area contributed by atoms with Gasteiger partial charge >= 0.3 is 0 Å². The molecule has 0 unspecified atom stereocenters. The minimum atomic E-state index is -0.429. The van der Waals surface area contributed by atoms with Crippen LogP contribution in [0.15, 0.2) is 24.3 Å². The second-order valence-electron chi connectivity index (χ2n) is 6.97. The van der Waals surface area contributed by atoms with Crippen LogP contribution in [0, 0.1) is 17.7 Å². The highest BCUT2D eigenvalue weighted by atomic mass is 19.1. The molecule has 1 aromatic rings. The molecule has 25 heavy (non-hydrogen) atoms. The Morgan fingerprint density at radius 3 is 2.28 bits per heavy atom. The zero-order valence-electron chi connectivity index (χ0n) is 15.1. The zero-order valence-corrected chi connectivity index (χ0v) is 15.1. The number of halogens is 1. The Bertz CT molecular complexity index is 584. The SMILES string of the molecule is CN(C)CCCNC(=O)C1CCC(C(=O)Nc2ccccc2F)CC1. The fourth-order valence-corrected chi connectivity index (χ4v) is 3.17. The van der Waals surface area contributed by atoms with Crippen LogP contribution in [0.2, 0.25) is 0 Å². The van der Waals surface area contributed by atoms with Gasteiger partial charge in [-0.2, -0.15) is 0 Å². The average molecular weight is 349 g/mol. The van der Waals surface area contributed by atoms with Gasteiger partial charge < -0.3 is 15.5 Å². The molecular formula is C19H28FN3O2. The lowest BCUT2D eigenvalue weighted by Gasteiger charge is -2.27. The van der Waals surface area contributed by atoms with E-state index in [1.807, 2.05) is 14.1 Å². The topological polar surface area (TPSA) is 61.4 Å². The maximum atomic E-state index is 13.6. The van der Waals surface area contributed by atoms with Crippen LogP contribution < -0.4 is 10.6 Å². The van der Waals surface area contributed by atoms with Crippen LogP contribution in [-0.2, 0) is 9.59 Å². The number of hydrogen-bond donors (Lipinski definition) is 2. The van der Waals surface area contributed by atoms with Crippen LogP contribution in [-0.4, -0.2) is 43.9 Å². The Kier molecular flexibility index (Phi) is 7.37. The molecule has 1 fully saturated rings. The van der Waals surface area contributed by atoms with Gasteiger partial charge in [-0.25, -0.2) is 4.39 Å². The summed E-state index contributed by atoms with van der Waals surface area (Å²) in [4.78, 5) is 26.6. The maximum Gasteiger partial charge on any atom is 0.227 e. The number of para-hydroxylation sites is 1. The van der Waals surface area contributed by atoms with Crippen molar-refractivity contribution in [2.45, 2.75) is 32.1 Å². The smallest absolute Gasteiger partial charge is 0.227 e.